The van der Waals surface area contributed by atoms with Crippen molar-refractivity contribution in [3.63, 3.8) is 0 Å². The van der Waals surface area contributed by atoms with Gasteiger partial charge in [0.15, 0.2) is 0 Å². The van der Waals surface area contributed by atoms with E-state index in [0.29, 0.717) is 0 Å². The van der Waals surface area contributed by atoms with Crippen LogP contribution in [0, 0.1) is 0 Å². The van der Waals surface area contributed by atoms with Gasteiger partial charge in [-0.25, -0.2) is 0 Å². The summed E-state index contributed by atoms with van der Waals surface area (Å²) >= 11 is 0. The van der Waals surface area contributed by atoms with Crippen LogP contribution in [0.5, 0.6) is 0 Å². The minimum absolute atomic E-state index is 0.723. The van der Waals surface area contributed by atoms with Crippen molar-refractivity contribution in [1.29, 1.82) is 0 Å². The highest BCUT2D eigenvalue weighted by atomic mass is 14.3. The minimum atomic E-state index is 0.723. The number of fused-ring (bicyclic) bond motifs is 1. The molecule has 0 fully saturated rings. The molecule has 4 rings (SSSR count). The summed E-state index contributed by atoms with van der Waals surface area (Å²) in [6.45, 7) is 2.28. The van der Waals surface area contributed by atoms with E-state index >= 15 is 0 Å². The van der Waals surface area contributed by atoms with E-state index in [1.807, 2.05) is 0 Å². The van der Waals surface area contributed by atoms with Gasteiger partial charge in [0.1, 0.15) is 0 Å². The van der Waals surface area contributed by atoms with E-state index in [9.17, 15) is 0 Å². The first kappa shape index (κ1) is 7.37. The van der Waals surface area contributed by atoms with Crippen LogP contribution >= 0.6 is 0 Å². The summed E-state index contributed by atoms with van der Waals surface area (Å²) in [5.74, 6) is 1.46. The standard InChI is InChI=1S/C13H14/c1-9-8-10-6-7-11(9)13-5-3-2-4-12(10)13/h2-5,8,10-11H,6-7H2,1H3/t10-,11-/m1/s1. The van der Waals surface area contributed by atoms with E-state index in [1.54, 1.807) is 16.7 Å². The highest BCUT2D eigenvalue weighted by Crippen LogP contribution is 2.48. The summed E-state index contributed by atoms with van der Waals surface area (Å²) in [5, 5.41) is 0. The summed E-state index contributed by atoms with van der Waals surface area (Å²) in [7, 11) is 0. The zero-order chi connectivity index (χ0) is 8.84. The van der Waals surface area contributed by atoms with Gasteiger partial charge in [0.25, 0.3) is 0 Å². The Balaban J connectivity index is 2.23. The average Bonchev–Trinajstić information content (AvgIpc) is 2.19. The van der Waals surface area contributed by atoms with Crippen LogP contribution in [0.25, 0.3) is 0 Å². The fourth-order valence-electron chi connectivity index (χ4n) is 2.90. The number of rotatable bonds is 0. The maximum absolute atomic E-state index is 2.47. The minimum Gasteiger partial charge on any atom is -0.0775 e. The van der Waals surface area contributed by atoms with Gasteiger partial charge < -0.3 is 0 Å². The Morgan fingerprint density at radius 1 is 1.08 bits per heavy atom. The second kappa shape index (κ2) is 2.47. The van der Waals surface area contributed by atoms with Gasteiger partial charge in [0.05, 0.1) is 0 Å². The molecule has 3 aliphatic carbocycles. The van der Waals surface area contributed by atoms with E-state index in [-0.39, 0.29) is 0 Å². The van der Waals surface area contributed by atoms with E-state index in [0.717, 1.165) is 11.8 Å². The molecule has 13 heavy (non-hydrogen) atoms. The summed E-state index contributed by atoms with van der Waals surface area (Å²) in [6, 6.07) is 8.95. The molecule has 3 aliphatic rings. The Morgan fingerprint density at radius 3 is 2.62 bits per heavy atom. The zero-order valence-corrected chi connectivity index (χ0v) is 7.96. The molecular weight excluding hydrogens is 156 g/mol. The van der Waals surface area contributed by atoms with Gasteiger partial charge in [0, 0.05) is 11.8 Å². The number of allylic oxidation sites excluding steroid dienone is 2. The molecule has 66 valence electrons. The highest BCUT2D eigenvalue weighted by molar-refractivity contribution is 5.46. The van der Waals surface area contributed by atoms with Gasteiger partial charge in [-0.2, -0.15) is 0 Å². The average molecular weight is 170 g/mol. The van der Waals surface area contributed by atoms with Crippen molar-refractivity contribution in [3.8, 4) is 0 Å². The summed E-state index contributed by atoms with van der Waals surface area (Å²) in [4.78, 5) is 0. The molecular formula is C13H14. The molecule has 1 aromatic carbocycles. The number of benzene rings is 1. The van der Waals surface area contributed by atoms with E-state index in [1.165, 1.54) is 12.8 Å². The highest BCUT2D eigenvalue weighted by Gasteiger charge is 2.31. The van der Waals surface area contributed by atoms with E-state index in [2.05, 4.69) is 37.3 Å². The number of hydrogen-bond donors (Lipinski definition) is 0. The van der Waals surface area contributed by atoms with Crippen molar-refractivity contribution in [2.45, 2.75) is 31.6 Å². The van der Waals surface area contributed by atoms with Crippen LogP contribution in [0.2, 0.25) is 0 Å². The van der Waals surface area contributed by atoms with Gasteiger partial charge in [-0.05, 0) is 30.9 Å². The van der Waals surface area contributed by atoms with Crippen LogP contribution in [-0.4, -0.2) is 0 Å². The smallest absolute Gasteiger partial charge is 0.00488 e. The Kier molecular flexibility index (Phi) is 1.40. The van der Waals surface area contributed by atoms with Crippen LogP contribution in [0.3, 0.4) is 0 Å². The quantitative estimate of drug-likeness (QED) is 0.522. The van der Waals surface area contributed by atoms with Crippen LogP contribution in [0.1, 0.15) is 42.7 Å². The van der Waals surface area contributed by atoms with Crippen molar-refractivity contribution in [3.05, 3.63) is 47.0 Å². The second-order valence-electron chi connectivity index (χ2n) is 4.28. The van der Waals surface area contributed by atoms with Crippen molar-refractivity contribution in [2.75, 3.05) is 0 Å². The van der Waals surface area contributed by atoms with Gasteiger partial charge in [-0.15, -0.1) is 0 Å². The van der Waals surface area contributed by atoms with Crippen LogP contribution in [-0.2, 0) is 0 Å². The third-order valence-corrected chi connectivity index (χ3v) is 3.55. The Bertz CT molecular complexity index is 373. The molecule has 0 spiro atoms. The molecule has 0 unspecified atom stereocenters. The lowest BCUT2D eigenvalue weighted by atomic mass is 9.68. The maximum Gasteiger partial charge on any atom is 0.00488 e. The third kappa shape index (κ3) is 0.918. The first-order valence-electron chi connectivity index (χ1n) is 5.13. The maximum atomic E-state index is 2.47. The molecule has 0 amide bonds. The molecule has 0 aliphatic heterocycles. The lowest BCUT2D eigenvalue weighted by Crippen LogP contribution is -2.19. The predicted molar refractivity (Wildman–Crippen MR) is 54.9 cm³/mol. The zero-order valence-electron chi connectivity index (χ0n) is 7.96. The van der Waals surface area contributed by atoms with Crippen molar-refractivity contribution >= 4 is 0 Å². The van der Waals surface area contributed by atoms with Gasteiger partial charge >= 0.3 is 0 Å². The fourth-order valence-corrected chi connectivity index (χ4v) is 2.90. The molecule has 0 heteroatoms. The van der Waals surface area contributed by atoms with Crippen LogP contribution < -0.4 is 0 Å². The molecule has 0 radical (unpaired) electrons. The number of hydrogen-bond acceptors (Lipinski definition) is 0. The topological polar surface area (TPSA) is 0 Å². The molecule has 0 saturated heterocycles. The largest absolute Gasteiger partial charge is 0.0775 e. The fraction of sp³-hybridized carbons (Fsp3) is 0.385. The molecule has 0 saturated carbocycles. The molecule has 1 aromatic rings. The van der Waals surface area contributed by atoms with Crippen LogP contribution in [0.4, 0.5) is 0 Å². The molecule has 2 bridgehead atoms. The Morgan fingerprint density at radius 2 is 1.85 bits per heavy atom. The van der Waals surface area contributed by atoms with Crippen LogP contribution in [0.15, 0.2) is 35.9 Å². The summed E-state index contributed by atoms with van der Waals surface area (Å²) in [5.41, 5.74) is 4.78. The first-order valence-corrected chi connectivity index (χ1v) is 5.13. The molecule has 2 atom stereocenters. The van der Waals surface area contributed by atoms with Crippen molar-refractivity contribution in [2.24, 2.45) is 0 Å². The molecule has 0 heterocycles. The third-order valence-electron chi connectivity index (χ3n) is 3.55. The SMILES string of the molecule is CC1=C[C@H]2CC[C@H]1c1ccccc12. The Labute approximate surface area is 79.3 Å². The molecule has 0 nitrogen and oxygen atoms in total. The first-order chi connectivity index (χ1) is 6.36. The normalized spacial score (nSPS) is 29.8. The summed E-state index contributed by atoms with van der Waals surface area (Å²) < 4.78 is 0. The van der Waals surface area contributed by atoms with Gasteiger partial charge in [-0.3, -0.25) is 0 Å². The van der Waals surface area contributed by atoms with E-state index < -0.39 is 0 Å². The van der Waals surface area contributed by atoms with Gasteiger partial charge in [0.2, 0.25) is 0 Å². The Hall–Kier alpha value is -1.04. The molecule has 0 aromatic heterocycles. The van der Waals surface area contributed by atoms with Crippen molar-refractivity contribution in [1.82, 2.24) is 0 Å². The lowest BCUT2D eigenvalue weighted by Gasteiger charge is -2.36. The van der Waals surface area contributed by atoms with Crippen molar-refractivity contribution < 1.29 is 0 Å². The van der Waals surface area contributed by atoms with E-state index in [4.69, 9.17) is 0 Å². The predicted octanol–water partition coefficient (Wildman–Crippen LogP) is 3.61. The van der Waals surface area contributed by atoms with Gasteiger partial charge in [-0.1, -0.05) is 35.9 Å². The monoisotopic (exact) mass is 170 g/mol. The molecule has 0 N–H and O–H groups in total. The summed E-state index contributed by atoms with van der Waals surface area (Å²) in [6.07, 6.45) is 5.19. The second-order valence-corrected chi connectivity index (χ2v) is 4.28. The lowest BCUT2D eigenvalue weighted by molar-refractivity contribution is 0.530.